The number of carbonyl (C=O) groups excluding carboxylic acids is 1. The Balaban J connectivity index is 1.61. The van der Waals surface area contributed by atoms with Crippen molar-refractivity contribution in [3.05, 3.63) is 0 Å². The van der Waals surface area contributed by atoms with Crippen LogP contribution in [0, 0.1) is 5.41 Å². The summed E-state index contributed by atoms with van der Waals surface area (Å²) in [7, 11) is 0. The minimum Gasteiger partial charge on any atom is -0.481 e. The first kappa shape index (κ1) is 16.1. The quantitative estimate of drug-likeness (QED) is 0.784. The van der Waals surface area contributed by atoms with Crippen LogP contribution < -0.4 is 5.32 Å². The van der Waals surface area contributed by atoms with Gasteiger partial charge in [-0.2, -0.15) is 0 Å². The molecule has 1 saturated carbocycles. The maximum Gasteiger partial charge on any atom is 0.317 e. The highest BCUT2D eigenvalue weighted by Gasteiger charge is 2.32. The Morgan fingerprint density at radius 3 is 2.52 bits per heavy atom. The second-order valence-electron chi connectivity index (χ2n) is 6.52. The van der Waals surface area contributed by atoms with E-state index in [1.54, 1.807) is 0 Å². The molecule has 0 radical (unpaired) electrons. The van der Waals surface area contributed by atoms with E-state index in [-0.39, 0.29) is 25.2 Å². The number of amides is 2. The number of likely N-dealkylation sites (tertiary alicyclic amines) is 1. The zero-order valence-electron chi connectivity index (χ0n) is 12.8. The molecule has 120 valence electrons. The lowest BCUT2D eigenvalue weighted by atomic mass is 9.70. The maximum absolute atomic E-state index is 12.1. The standard InChI is InChI=1S/C15H26N2O4/c1-15(6-2-7-15)11-16-14(20)17-8-3-12(4-9-17)21-10-5-13(18)19/h12H,2-11H2,1H3,(H,16,20)(H,18,19). The van der Waals surface area contributed by atoms with Crippen molar-refractivity contribution in [2.45, 2.75) is 51.6 Å². The number of carbonyl (C=O) groups is 2. The molecular formula is C15H26N2O4. The van der Waals surface area contributed by atoms with Gasteiger partial charge in [0.15, 0.2) is 0 Å². The predicted octanol–water partition coefficient (Wildman–Crippen LogP) is 1.84. The Morgan fingerprint density at radius 1 is 1.33 bits per heavy atom. The topological polar surface area (TPSA) is 78.9 Å². The molecule has 2 rings (SSSR count). The molecule has 1 aliphatic carbocycles. The van der Waals surface area contributed by atoms with E-state index < -0.39 is 5.97 Å². The Morgan fingerprint density at radius 2 is 2.00 bits per heavy atom. The first-order valence-electron chi connectivity index (χ1n) is 7.85. The Labute approximate surface area is 125 Å². The van der Waals surface area contributed by atoms with Crippen molar-refractivity contribution in [1.29, 1.82) is 0 Å². The number of piperidine rings is 1. The van der Waals surface area contributed by atoms with Crippen molar-refractivity contribution >= 4 is 12.0 Å². The van der Waals surface area contributed by atoms with Gasteiger partial charge in [-0.3, -0.25) is 4.79 Å². The number of carboxylic acids is 1. The molecular weight excluding hydrogens is 272 g/mol. The Bertz CT molecular complexity index is 374. The number of urea groups is 1. The van der Waals surface area contributed by atoms with Gasteiger partial charge >= 0.3 is 12.0 Å². The lowest BCUT2D eigenvalue weighted by molar-refractivity contribution is -0.138. The van der Waals surface area contributed by atoms with E-state index in [1.165, 1.54) is 19.3 Å². The van der Waals surface area contributed by atoms with Crippen LogP contribution in [0.15, 0.2) is 0 Å². The van der Waals surface area contributed by atoms with Gasteiger partial charge in [0.2, 0.25) is 0 Å². The fourth-order valence-corrected chi connectivity index (χ4v) is 2.90. The zero-order chi connectivity index (χ0) is 15.3. The van der Waals surface area contributed by atoms with Crippen LogP contribution in [0.25, 0.3) is 0 Å². The molecule has 6 nitrogen and oxygen atoms in total. The van der Waals surface area contributed by atoms with Crippen LogP contribution in [0.3, 0.4) is 0 Å². The van der Waals surface area contributed by atoms with E-state index in [0.717, 1.165) is 19.4 Å². The summed E-state index contributed by atoms with van der Waals surface area (Å²) in [5.74, 6) is -0.837. The fourth-order valence-electron chi connectivity index (χ4n) is 2.90. The lowest BCUT2D eigenvalue weighted by Crippen LogP contribution is -2.49. The first-order valence-corrected chi connectivity index (χ1v) is 7.85. The molecule has 0 aromatic carbocycles. The smallest absolute Gasteiger partial charge is 0.317 e. The summed E-state index contributed by atoms with van der Waals surface area (Å²) in [6, 6.07) is 0.0205. The number of rotatable bonds is 6. The summed E-state index contributed by atoms with van der Waals surface area (Å²) in [4.78, 5) is 24.3. The van der Waals surface area contributed by atoms with Gasteiger partial charge in [0.1, 0.15) is 0 Å². The lowest BCUT2D eigenvalue weighted by Gasteiger charge is -2.39. The van der Waals surface area contributed by atoms with E-state index in [1.807, 2.05) is 4.90 Å². The maximum atomic E-state index is 12.1. The number of aliphatic carboxylic acids is 1. The monoisotopic (exact) mass is 298 g/mol. The van der Waals surface area contributed by atoms with Crippen molar-refractivity contribution in [1.82, 2.24) is 10.2 Å². The van der Waals surface area contributed by atoms with Gasteiger partial charge in [-0.25, -0.2) is 4.79 Å². The van der Waals surface area contributed by atoms with Crippen LogP contribution in [0.5, 0.6) is 0 Å². The second-order valence-corrected chi connectivity index (χ2v) is 6.52. The van der Waals surface area contributed by atoms with Crippen molar-refractivity contribution in [3.8, 4) is 0 Å². The zero-order valence-corrected chi connectivity index (χ0v) is 12.8. The van der Waals surface area contributed by atoms with Crippen molar-refractivity contribution < 1.29 is 19.4 Å². The SMILES string of the molecule is CC1(CNC(=O)N2CCC(OCCC(=O)O)CC2)CCC1. The van der Waals surface area contributed by atoms with E-state index in [4.69, 9.17) is 9.84 Å². The van der Waals surface area contributed by atoms with Crippen molar-refractivity contribution in [3.63, 3.8) is 0 Å². The average Bonchev–Trinajstić information content (AvgIpc) is 2.43. The van der Waals surface area contributed by atoms with Crippen molar-refractivity contribution in [2.24, 2.45) is 5.41 Å². The highest BCUT2D eigenvalue weighted by atomic mass is 16.5. The van der Waals surface area contributed by atoms with Crippen LogP contribution in [-0.2, 0) is 9.53 Å². The third-order valence-corrected chi connectivity index (χ3v) is 4.63. The van der Waals surface area contributed by atoms with E-state index in [9.17, 15) is 9.59 Å². The molecule has 1 heterocycles. The third-order valence-electron chi connectivity index (χ3n) is 4.63. The highest BCUT2D eigenvalue weighted by Crippen LogP contribution is 2.39. The summed E-state index contributed by atoms with van der Waals surface area (Å²) >= 11 is 0. The van der Waals surface area contributed by atoms with Gasteiger partial charge < -0.3 is 20.1 Å². The van der Waals surface area contributed by atoms with Gasteiger partial charge in [-0.1, -0.05) is 13.3 Å². The van der Waals surface area contributed by atoms with E-state index in [2.05, 4.69) is 12.2 Å². The Hall–Kier alpha value is -1.30. The molecule has 2 fully saturated rings. The van der Waals surface area contributed by atoms with Crippen molar-refractivity contribution in [2.75, 3.05) is 26.2 Å². The van der Waals surface area contributed by atoms with Gasteiger partial charge in [0, 0.05) is 19.6 Å². The number of ether oxygens (including phenoxy) is 1. The minimum absolute atomic E-state index is 0.0205. The molecule has 0 aromatic heterocycles. The molecule has 0 atom stereocenters. The van der Waals surface area contributed by atoms with Gasteiger partial charge in [0.25, 0.3) is 0 Å². The van der Waals surface area contributed by atoms with Crippen LogP contribution in [0.2, 0.25) is 0 Å². The molecule has 21 heavy (non-hydrogen) atoms. The molecule has 2 amide bonds. The fraction of sp³-hybridized carbons (Fsp3) is 0.867. The second kappa shape index (κ2) is 7.11. The highest BCUT2D eigenvalue weighted by molar-refractivity contribution is 5.74. The molecule has 6 heteroatoms. The summed E-state index contributed by atoms with van der Waals surface area (Å²) in [5.41, 5.74) is 0.300. The number of nitrogens with one attached hydrogen (secondary N) is 1. The number of hydrogen-bond donors (Lipinski definition) is 2. The number of carboxylic acid groups (broad SMARTS) is 1. The van der Waals surface area contributed by atoms with Crippen LogP contribution in [0.4, 0.5) is 4.79 Å². The van der Waals surface area contributed by atoms with Crippen LogP contribution in [-0.4, -0.2) is 54.4 Å². The number of hydrogen-bond acceptors (Lipinski definition) is 3. The van der Waals surface area contributed by atoms with Gasteiger partial charge in [-0.05, 0) is 31.1 Å². The molecule has 2 N–H and O–H groups in total. The predicted molar refractivity (Wildman–Crippen MR) is 78.2 cm³/mol. The average molecular weight is 298 g/mol. The molecule has 0 aromatic rings. The summed E-state index contributed by atoms with van der Waals surface area (Å²) in [5, 5.41) is 11.6. The normalized spacial score (nSPS) is 21.7. The molecule has 0 spiro atoms. The van der Waals surface area contributed by atoms with E-state index >= 15 is 0 Å². The van der Waals surface area contributed by atoms with Crippen LogP contribution in [0.1, 0.15) is 45.4 Å². The third kappa shape index (κ3) is 4.88. The summed E-state index contributed by atoms with van der Waals surface area (Å²) < 4.78 is 5.52. The molecule has 1 saturated heterocycles. The molecule has 1 aliphatic heterocycles. The number of nitrogens with zero attached hydrogens (tertiary/aromatic N) is 1. The van der Waals surface area contributed by atoms with Gasteiger partial charge in [-0.15, -0.1) is 0 Å². The minimum atomic E-state index is -0.837. The summed E-state index contributed by atoms with van der Waals surface area (Å²) in [6.45, 7) is 4.60. The molecule has 0 bridgehead atoms. The summed E-state index contributed by atoms with van der Waals surface area (Å²) in [6.07, 6.45) is 5.36. The van der Waals surface area contributed by atoms with Crippen LogP contribution >= 0.6 is 0 Å². The Kier molecular flexibility index (Phi) is 5.45. The first-order chi connectivity index (χ1) is 9.98. The largest absolute Gasteiger partial charge is 0.481 e. The van der Waals surface area contributed by atoms with Gasteiger partial charge in [0.05, 0.1) is 19.1 Å². The van der Waals surface area contributed by atoms with E-state index in [0.29, 0.717) is 18.5 Å². The molecule has 2 aliphatic rings. The molecule has 0 unspecified atom stereocenters.